The van der Waals surface area contributed by atoms with E-state index in [1.165, 1.54) is 11.8 Å². The number of nitrogens with zero attached hydrogens (tertiary/aromatic N) is 1. The second kappa shape index (κ2) is 9.59. The monoisotopic (exact) mass is 467 g/mol. The molecule has 1 aliphatic rings. The molecular weight excluding hydrogens is 446 g/mol. The maximum Gasteiger partial charge on any atom is 0.266 e. The average molecular weight is 468 g/mol. The van der Waals surface area contributed by atoms with Crippen LogP contribution in [0.3, 0.4) is 0 Å². The molecule has 0 aromatic heterocycles. The molecule has 0 spiro atoms. The fourth-order valence-corrected chi connectivity index (χ4v) is 5.01. The van der Waals surface area contributed by atoms with Crippen LogP contribution in [-0.2, 0) is 4.79 Å². The maximum atomic E-state index is 13.5. The zero-order valence-electron chi connectivity index (χ0n) is 17.9. The van der Waals surface area contributed by atoms with Gasteiger partial charge >= 0.3 is 0 Å². The smallest absolute Gasteiger partial charge is 0.266 e. The minimum absolute atomic E-state index is 0.0973. The summed E-state index contributed by atoms with van der Waals surface area (Å²) in [5.74, 6) is 1.46. The van der Waals surface area contributed by atoms with Crippen molar-refractivity contribution in [1.29, 1.82) is 0 Å². The molecule has 4 rings (SSSR count). The summed E-state index contributed by atoms with van der Waals surface area (Å²) in [6.07, 6.45) is 1.91. The van der Waals surface area contributed by atoms with Gasteiger partial charge in [-0.1, -0.05) is 59.8 Å². The van der Waals surface area contributed by atoms with Gasteiger partial charge in [-0.25, -0.2) is 0 Å². The number of hydrogen-bond acceptors (Lipinski definition) is 5. The number of halogens is 1. The third-order valence-electron chi connectivity index (χ3n) is 5.06. The normalized spacial score (nSPS) is 17.0. The Bertz CT molecular complexity index is 1140. The molecule has 3 aromatic carbocycles. The summed E-state index contributed by atoms with van der Waals surface area (Å²) in [5, 5.41) is 0.217. The number of benzene rings is 3. The summed E-state index contributed by atoms with van der Waals surface area (Å²) in [6, 6.07) is 20.8. The number of rotatable bonds is 6. The van der Waals surface area contributed by atoms with Crippen LogP contribution < -0.4 is 19.1 Å². The van der Waals surface area contributed by atoms with Crippen LogP contribution in [0.1, 0.15) is 16.5 Å². The highest BCUT2D eigenvalue weighted by Crippen LogP contribution is 2.51. The first-order valence-corrected chi connectivity index (χ1v) is 11.1. The summed E-state index contributed by atoms with van der Waals surface area (Å²) < 4.78 is 16.5. The third-order valence-corrected chi connectivity index (χ3v) is 6.55. The van der Waals surface area contributed by atoms with Crippen LogP contribution in [0.2, 0.25) is 5.02 Å². The molecule has 3 aromatic rings. The number of carbonyl (C=O) groups is 1. The molecule has 32 heavy (non-hydrogen) atoms. The lowest BCUT2D eigenvalue weighted by Crippen LogP contribution is -2.27. The second-order valence-corrected chi connectivity index (χ2v) is 8.56. The lowest BCUT2D eigenvalue weighted by molar-refractivity contribution is -0.114. The van der Waals surface area contributed by atoms with Crippen LogP contribution in [0.15, 0.2) is 71.6 Å². The molecule has 1 unspecified atom stereocenters. The molecule has 1 aliphatic heterocycles. The Morgan fingerprint density at radius 1 is 0.906 bits per heavy atom. The van der Waals surface area contributed by atoms with Crippen LogP contribution in [-0.4, -0.2) is 27.2 Å². The molecule has 0 N–H and O–H groups in total. The van der Waals surface area contributed by atoms with Gasteiger partial charge in [0, 0.05) is 10.7 Å². The van der Waals surface area contributed by atoms with Crippen molar-refractivity contribution in [2.24, 2.45) is 0 Å². The number of amides is 1. The fourth-order valence-electron chi connectivity index (χ4n) is 3.58. The van der Waals surface area contributed by atoms with Gasteiger partial charge in [-0.05, 0) is 47.5 Å². The van der Waals surface area contributed by atoms with Crippen LogP contribution in [0.5, 0.6) is 17.2 Å². The molecule has 7 heteroatoms. The summed E-state index contributed by atoms with van der Waals surface area (Å²) in [7, 11) is 4.71. The van der Waals surface area contributed by atoms with Gasteiger partial charge in [0.05, 0.1) is 26.2 Å². The Balaban J connectivity index is 1.84. The van der Waals surface area contributed by atoms with Crippen molar-refractivity contribution in [3.05, 3.63) is 87.8 Å². The minimum atomic E-state index is -0.343. The topological polar surface area (TPSA) is 48.0 Å². The Morgan fingerprint density at radius 3 is 2.19 bits per heavy atom. The van der Waals surface area contributed by atoms with Gasteiger partial charge in [0.25, 0.3) is 5.91 Å². The minimum Gasteiger partial charge on any atom is -0.493 e. The number of thioether (sulfide) groups is 1. The molecule has 164 valence electrons. The van der Waals surface area contributed by atoms with Gasteiger partial charge in [-0.2, -0.15) is 0 Å². The number of methoxy groups -OCH3 is 3. The average Bonchev–Trinajstić information content (AvgIpc) is 3.14. The van der Waals surface area contributed by atoms with Crippen molar-refractivity contribution in [2.45, 2.75) is 5.37 Å². The Labute approximate surface area is 196 Å². The predicted molar refractivity (Wildman–Crippen MR) is 130 cm³/mol. The maximum absolute atomic E-state index is 13.5. The first-order chi connectivity index (χ1) is 15.5. The zero-order chi connectivity index (χ0) is 22.7. The van der Waals surface area contributed by atoms with E-state index in [4.69, 9.17) is 25.8 Å². The van der Waals surface area contributed by atoms with Crippen molar-refractivity contribution in [1.82, 2.24) is 0 Å². The van der Waals surface area contributed by atoms with E-state index in [2.05, 4.69) is 0 Å². The second-order valence-electron chi connectivity index (χ2n) is 7.00. The molecule has 5 nitrogen and oxygen atoms in total. The van der Waals surface area contributed by atoms with E-state index in [0.29, 0.717) is 32.9 Å². The third kappa shape index (κ3) is 4.29. The first-order valence-electron chi connectivity index (χ1n) is 9.88. The van der Waals surface area contributed by atoms with Crippen molar-refractivity contribution in [2.75, 3.05) is 26.2 Å². The predicted octanol–water partition coefficient (Wildman–Crippen LogP) is 6.19. The first kappa shape index (κ1) is 22.1. The molecule has 1 heterocycles. The highest BCUT2D eigenvalue weighted by molar-refractivity contribution is 8.05. The van der Waals surface area contributed by atoms with E-state index in [1.54, 1.807) is 38.4 Å². The van der Waals surface area contributed by atoms with Crippen molar-refractivity contribution >= 4 is 41.0 Å². The van der Waals surface area contributed by atoms with Crippen LogP contribution in [0.4, 0.5) is 5.69 Å². The van der Waals surface area contributed by atoms with E-state index in [9.17, 15) is 4.79 Å². The van der Waals surface area contributed by atoms with Crippen LogP contribution in [0, 0.1) is 0 Å². The largest absolute Gasteiger partial charge is 0.493 e. The van der Waals surface area contributed by atoms with Gasteiger partial charge in [0.1, 0.15) is 5.37 Å². The number of ether oxygens (including phenoxy) is 3. The highest BCUT2D eigenvalue weighted by Gasteiger charge is 2.39. The Kier molecular flexibility index (Phi) is 6.63. The fraction of sp³-hybridized carbons (Fsp3) is 0.160. The standard InChI is InChI=1S/C25H22ClNO4S/c1-29-20-13-17(14-21(30-2)23(20)31-3)25-27(19-11-7-10-18(26)15-19)24(28)22(32-25)12-16-8-5-4-6-9-16/h4-15,25H,1-3H3/b22-12-. The molecule has 0 saturated carbocycles. The number of hydrogen-bond donors (Lipinski definition) is 0. The quantitative estimate of drug-likeness (QED) is 0.405. The van der Waals surface area contributed by atoms with Crippen molar-refractivity contribution in [3.8, 4) is 17.2 Å². The lowest BCUT2D eigenvalue weighted by Gasteiger charge is -2.25. The Hall–Kier alpha value is -3.09. The van der Waals surface area contributed by atoms with Crippen molar-refractivity contribution in [3.63, 3.8) is 0 Å². The van der Waals surface area contributed by atoms with E-state index < -0.39 is 0 Å². The van der Waals surface area contributed by atoms with Gasteiger partial charge < -0.3 is 14.2 Å². The summed E-state index contributed by atoms with van der Waals surface area (Å²) in [6.45, 7) is 0. The van der Waals surface area contributed by atoms with E-state index in [0.717, 1.165) is 11.1 Å². The van der Waals surface area contributed by atoms with Crippen LogP contribution in [0.25, 0.3) is 6.08 Å². The SMILES string of the molecule is COc1cc(C2S/C(=C\c3ccccc3)C(=O)N2c2cccc(Cl)c2)cc(OC)c1OC. The summed E-state index contributed by atoms with van der Waals surface area (Å²) in [4.78, 5) is 15.9. The molecule has 1 saturated heterocycles. The van der Waals surface area contributed by atoms with Gasteiger partial charge in [0.2, 0.25) is 5.75 Å². The van der Waals surface area contributed by atoms with Gasteiger partial charge in [0.15, 0.2) is 11.5 Å². The van der Waals surface area contributed by atoms with E-state index in [1.807, 2.05) is 60.7 Å². The van der Waals surface area contributed by atoms with Crippen molar-refractivity contribution < 1.29 is 19.0 Å². The summed E-state index contributed by atoms with van der Waals surface area (Å²) in [5.41, 5.74) is 2.51. The molecule has 1 atom stereocenters. The zero-order valence-corrected chi connectivity index (χ0v) is 19.4. The van der Waals surface area contributed by atoms with E-state index in [-0.39, 0.29) is 11.3 Å². The Morgan fingerprint density at radius 2 is 1.59 bits per heavy atom. The van der Waals surface area contributed by atoms with E-state index >= 15 is 0 Å². The lowest BCUT2D eigenvalue weighted by atomic mass is 10.1. The molecule has 1 amide bonds. The molecule has 1 fully saturated rings. The van der Waals surface area contributed by atoms with Gasteiger partial charge in [-0.3, -0.25) is 9.69 Å². The number of carbonyl (C=O) groups excluding carboxylic acids is 1. The highest BCUT2D eigenvalue weighted by atomic mass is 35.5. The molecule has 0 radical (unpaired) electrons. The van der Waals surface area contributed by atoms with Gasteiger partial charge in [-0.15, -0.1) is 0 Å². The summed E-state index contributed by atoms with van der Waals surface area (Å²) >= 11 is 7.72. The number of anilines is 1. The molecular formula is C25H22ClNO4S. The molecule has 0 aliphatic carbocycles. The van der Waals surface area contributed by atoms with Crippen LogP contribution >= 0.6 is 23.4 Å². The molecule has 0 bridgehead atoms.